The smallest absolute Gasteiger partial charge is 0.134 e. The van der Waals surface area contributed by atoms with Crippen LogP contribution < -0.4 is 0 Å². The van der Waals surface area contributed by atoms with Gasteiger partial charge in [-0.05, 0) is 0 Å². The van der Waals surface area contributed by atoms with E-state index in [4.69, 9.17) is 14.4 Å². The number of rotatable bonds is 0. The van der Waals surface area contributed by atoms with Crippen molar-refractivity contribution in [3.8, 4) is 0 Å². The molecule has 0 spiro atoms. The van der Waals surface area contributed by atoms with Gasteiger partial charge >= 0.3 is 398 Å². The van der Waals surface area contributed by atoms with Crippen LogP contribution in [0.5, 0.6) is 0 Å². The SMILES string of the molecule is O=[P+](O)O.[Zn+2].[Zn+2].[Zn+2].[Zn+2].[Zn+2].[Zn+2].[Zn+2].[Zn+2].[Zn+2].[Zn+2].[Zn+2].[Zn+2].[Zn+2].[Zn+2].[Zn+2].[Zn+2].[Zn+2].[Zn+2].[Zn+2].[Zn+2]. The van der Waals surface area contributed by atoms with Gasteiger partial charge in [-0.3, -0.25) is 0 Å². The maximum atomic E-state index is 8.70. The second kappa shape index (κ2) is 176. The zero-order valence-corrected chi connectivity index (χ0v) is 76.1. The normalized spacial score (nSPS) is 1.08. The molecule has 2 N–H and O–H groups in total. The van der Waals surface area contributed by atoms with E-state index < -0.39 is 8.25 Å². The first-order valence-corrected chi connectivity index (χ1v) is 1.75. The molecule has 0 aromatic heterocycles. The minimum Gasteiger partial charge on any atom is -0.134 e. The van der Waals surface area contributed by atoms with Crippen molar-refractivity contribution in [1.29, 1.82) is 0 Å². The molecule has 0 bridgehead atoms. The van der Waals surface area contributed by atoms with Gasteiger partial charge in [-0.25, -0.2) is 0 Å². The van der Waals surface area contributed by atoms with E-state index in [-0.39, 0.29) is 390 Å². The van der Waals surface area contributed by atoms with Crippen LogP contribution in [0.1, 0.15) is 0 Å². The van der Waals surface area contributed by atoms with Crippen LogP contribution in [0.2, 0.25) is 0 Å². The Morgan fingerprint density at radius 1 is 0.292 bits per heavy atom. The van der Waals surface area contributed by atoms with Gasteiger partial charge in [-0.1, -0.05) is 0 Å². The minimum absolute atomic E-state index is 0. The Morgan fingerprint density at radius 3 is 0.292 bits per heavy atom. The zero-order chi connectivity index (χ0) is 3.58. The van der Waals surface area contributed by atoms with Crippen LogP contribution in [-0.2, 0) is 394 Å². The summed E-state index contributed by atoms with van der Waals surface area (Å²) < 4.78 is 8.70. The third-order valence-electron chi connectivity index (χ3n) is 0. The molecule has 0 heterocycles. The summed E-state index contributed by atoms with van der Waals surface area (Å²) in [6.45, 7) is 0. The summed E-state index contributed by atoms with van der Waals surface area (Å²) in [6, 6.07) is 0. The van der Waals surface area contributed by atoms with Gasteiger partial charge in [0, 0.05) is 4.57 Å². The topological polar surface area (TPSA) is 57.5 Å². The molecule has 0 aromatic carbocycles. The molecule has 0 atom stereocenters. The first kappa shape index (κ1) is 192. The molecule has 24 valence electrons. The molecule has 0 fully saturated rings. The van der Waals surface area contributed by atoms with Crippen LogP contribution in [0.15, 0.2) is 0 Å². The second-order valence-corrected chi connectivity index (χ2v) is 0.758. The molecule has 0 aliphatic heterocycles. The molecule has 24 heavy (non-hydrogen) atoms. The maximum absolute atomic E-state index is 8.70. The standard InChI is InChI=1S/HO3P.20Zn/c1-4(2)3;;;;;;;;;;;;;;;;;;;;/h(H-,1,2,3);;;;;;;;;;;;;;;;;;;;/q;20*+2/p+1. The first-order valence-electron chi connectivity index (χ1n) is 0.583. The summed E-state index contributed by atoms with van der Waals surface area (Å²) in [5.74, 6) is 0. The summed E-state index contributed by atoms with van der Waals surface area (Å²) in [5, 5.41) is 0. The molecule has 0 saturated heterocycles. The average Bonchev–Trinajstić information content (AvgIpc) is 0.811. The Balaban J connectivity index is -0.000000000237. The number of hydrogen-bond donors (Lipinski definition) is 2. The van der Waals surface area contributed by atoms with E-state index in [0.717, 1.165) is 0 Å². The fraction of sp³-hybridized carbons (Fsp3) is 0. The third-order valence-corrected chi connectivity index (χ3v) is 0. The molecule has 3 nitrogen and oxygen atoms in total. The largest absolute Gasteiger partial charge is 2.00 e. The van der Waals surface area contributed by atoms with Crippen LogP contribution in [-0.4, -0.2) is 9.79 Å². The monoisotopic (exact) mass is 1360 g/mol. The zero-order valence-electron chi connectivity index (χ0n) is 15.9. The van der Waals surface area contributed by atoms with Crippen LogP contribution >= 0.6 is 8.25 Å². The van der Waals surface area contributed by atoms with Gasteiger partial charge in [0.1, 0.15) is 0 Å². The van der Waals surface area contributed by atoms with Gasteiger partial charge in [0.15, 0.2) is 0 Å². The summed E-state index contributed by atoms with van der Waals surface area (Å²) in [5.41, 5.74) is 0. The summed E-state index contributed by atoms with van der Waals surface area (Å²) in [7, 11) is -2.87. The first-order chi connectivity index (χ1) is 1.73. The minimum atomic E-state index is -2.87. The van der Waals surface area contributed by atoms with Crippen molar-refractivity contribution < 1.29 is 404 Å². The molecule has 0 rings (SSSR count). The Morgan fingerprint density at radius 2 is 0.292 bits per heavy atom. The summed E-state index contributed by atoms with van der Waals surface area (Å²) >= 11 is 0. The van der Waals surface area contributed by atoms with Gasteiger partial charge in [0.2, 0.25) is 0 Å². The predicted octanol–water partition coefficient (Wildman–Crippen LogP) is -0.422. The average molecular weight is 1390 g/mol. The van der Waals surface area contributed by atoms with Crippen molar-refractivity contribution in [2.24, 2.45) is 0 Å². The van der Waals surface area contributed by atoms with Crippen LogP contribution in [0.4, 0.5) is 0 Å². The van der Waals surface area contributed by atoms with Crippen LogP contribution in [0, 0.1) is 0 Å². The van der Waals surface area contributed by atoms with E-state index in [1.807, 2.05) is 0 Å². The van der Waals surface area contributed by atoms with Crippen molar-refractivity contribution in [2.75, 3.05) is 0 Å². The molecule has 24 heteroatoms. The molecule has 0 unspecified atom stereocenters. The van der Waals surface area contributed by atoms with Gasteiger partial charge in [0.05, 0.1) is 0 Å². The van der Waals surface area contributed by atoms with E-state index in [1.54, 1.807) is 0 Å². The van der Waals surface area contributed by atoms with Crippen molar-refractivity contribution in [3.63, 3.8) is 0 Å². The fourth-order valence-corrected chi connectivity index (χ4v) is 0. The Hall–Kier alpha value is 12.5. The van der Waals surface area contributed by atoms with Crippen LogP contribution in [0.3, 0.4) is 0 Å². The Labute approximate surface area is 402 Å². The van der Waals surface area contributed by atoms with E-state index in [2.05, 4.69) is 0 Å². The maximum Gasteiger partial charge on any atom is 2.00 e. The Bertz CT molecular complexity index is 41.9. The molecular formula is H2O3PZn20+41. The summed E-state index contributed by atoms with van der Waals surface area (Å²) in [4.78, 5) is 14.2. The van der Waals surface area contributed by atoms with Crippen molar-refractivity contribution in [1.82, 2.24) is 0 Å². The van der Waals surface area contributed by atoms with Gasteiger partial charge in [-0.15, -0.1) is 9.79 Å². The van der Waals surface area contributed by atoms with E-state index in [0.29, 0.717) is 0 Å². The Kier molecular flexibility index (Phi) is 1400. The van der Waals surface area contributed by atoms with Crippen molar-refractivity contribution in [3.05, 3.63) is 0 Å². The van der Waals surface area contributed by atoms with Gasteiger partial charge in [-0.2, -0.15) is 0 Å². The second-order valence-electron chi connectivity index (χ2n) is 0.253. The predicted molar refractivity (Wildman–Crippen MR) is 12.0 cm³/mol. The van der Waals surface area contributed by atoms with E-state index in [9.17, 15) is 0 Å². The quantitative estimate of drug-likeness (QED) is 0.257. The van der Waals surface area contributed by atoms with E-state index in [1.165, 1.54) is 0 Å². The van der Waals surface area contributed by atoms with Crippen molar-refractivity contribution >= 4 is 8.25 Å². The van der Waals surface area contributed by atoms with Gasteiger partial charge in [0.25, 0.3) is 0 Å². The molecular weight excluding hydrogens is 1390 g/mol. The van der Waals surface area contributed by atoms with E-state index >= 15 is 0 Å². The van der Waals surface area contributed by atoms with Crippen molar-refractivity contribution in [2.45, 2.75) is 0 Å². The molecule has 0 amide bonds. The van der Waals surface area contributed by atoms with Gasteiger partial charge < -0.3 is 0 Å². The molecule has 0 saturated carbocycles. The fourth-order valence-electron chi connectivity index (χ4n) is 0. The molecule has 0 radical (unpaired) electrons. The number of hydrogen-bond acceptors (Lipinski definition) is 1. The molecule has 0 aliphatic rings. The molecule has 0 aromatic rings. The molecule has 0 aliphatic carbocycles. The van der Waals surface area contributed by atoms with Crippen LogP contribution in [0.25, 0.3) is 0 Å². The summed E-state index contributed by atoms with van der Waals surface area (Å²) in [6.07, 6.45) is 0. The third kappa shape index (κ3) is 248.